The van der Waals surface area contributed by atoms with Crippen molar-refractivity contribution >= 4 is 5.78 Å². The molecule has 90 valence electrons. The van der Waals surface area contributed by atoms with Crippen LogP contribution in [0.5, 0.6) is 11.5 Å². The van der Waals surface area contributed by atoms with E-state index in [0.29, 0.717) is 18.8 Å². The summed E-state index contributed by atoms with van der Waals surface area (Å²) in [4.78, 5) is 11.9. The number of ether oxygens (including phenoxy) is 2. The van der Waals surface area contributed by atoms with Crippen LogP contribution < -0.4 is 9.47 Å². The lowest BCUT2D eigenvalue weighted by Crippen LogP contribution is -2.36. The second-order valence-electron chi connectivity index (χ2n) is 4.81. The molecule has 2 aliphatic rings. The maximum Gasteiger partial charge on any atom is 0.190 e. The molecule has 1 aliphatic carbocycles. The van der Waals surface area contributed by atoms with Crippen LogP contribution in [0.2, 0.25) is 0 Å². The number of fused-ring (bicyclic) bond motifs is 1. The maximum absolute atomic E-state index is 11.9. The molecule has 0 aromatic heterocycles. The molecule has 1 heterocycles. The van der Waals surface area contributed by atoms with Gasteiger partial charge >= 0.3 is 0 Å². The molecule has 1 unspecified atom stereocenters. The van der Waals surface area contributed by atoms with Crippen molar-refractivity contribution in [2.45, 2.75) is 31.8 Å². The van der Waals surface area contributed by atoms with Gasteiger partial charge in [-0.15, -0.1) is 0 Å². The van der Waals surface area contributed by atoms with E-state index < -0.39 is 6.10 Å². The molecule has 1 fully saturated rings. The van der Waals surface area contributed by atoms with E-state index in [0.717, 1.165) is 18.1 Å². The lowest BCUT2D eigenvalue weighted by atomic mass is 10.1. The summed E-state index contributed by atoms with van der Waals surface area (Å²) in [6.45, 7) is 0.348. The first-order valence-electron chi connectivity index (χ1n) is 6.24. The third-order valence-electron chi connectivity index (χ3n) is 3.36. The number of carbonyl (C=O) groups is 1. The topological polar surface area (TPSA) is 35.5 Å². The molecule has 1 atom stereocenters. The highest BCUT2D eigenvalue weighted by atomic mass is 16.6. The van der Waals surface area contributed by atoms with Crippen LogP contribution in [0.25, 0.3) is 0 Å². The Labute approximate surface area is 101 Å². The molecular formula is C14H16O3. The number of carbonyl (C=O) groups excluding carboxylic acids is 1. The van der Waals surface area contributed by atoms with E-state index >= 15 is 0 Å². The molecule has 0 N–H and O–H groups in total. The number of Topliss-reactive ketones (excluding diaryl/α,β-unsaturated/α-hetero) is 1. The first kappa shape index (κ1) is 10.6. The molecule has 1 aromatic carbocycles. The van der Waals surface area contributed by atoms with Crippen LogP contribution in [0.4, 0.5) is 0 Å². The van der Waals surface area contributed by atoms with Crippen molar-refractivity contribution in [3.63, 3.8) is 0 Å². The van der Waals surface area contributed by atoms with E-state index in [1.807, 2.05) is 24.3 Å². The quantitative estimate of drug-likeness (QED) is 0.800. The summed E-state index contributed by atoms with van der Waals surface area (Å²) in [5.74, 6) is 2.38. The van der Waals surface area contributed by atoms with Crippen LogP contribution in [0.1, 0.15) is 25.7 Å². The molecule has 0 radical (unpaired) electrons. The highest BCUT2D eigenvalue weighted by Gasteiger charge is 2.29. The van der Waals surface area contributed by atoms with E-state index in [1.54, 1.807) is 0 Å². The first-order chi connectivity index (χ1) is 8.33. The van der Waals surface area contributed by atoms with Crippen LogP contribution in [-0.2, 0) is 4.79 Å². The highest BCUT2D eigenvalue weighted by molar-refractivity contribution is 5.84. The van der Waals surface area contributed by atoms with Gasteiger partial charge in [0.1, 0.15) is 6.61 Å². The van der Waals surface area contributed by atoms with Gasteiger partial charge in [0.05, 0.1) is 0 Å². The molecule has 0 saturated heterocycles. The minimum absolute atomic E-state index is 0.173. The zero-order valence-electron chi connectivity index (χ0n) is 9.72. The van der Waals surface area contributed by atoms with Crippen LogP contribution >= 0.6 is 0 Å². The summed E-state index contributed by atoms with van der Waals surface area (Å²) in [6, 6.07) is 7.49. The highest BCUT2D eigenvalue weighted by Crippen LogP contribution is 2.35. The van der Waals surface area contributed by atoms with Crippen molar-refractivity contribution in [1.82, 2.24) is 0 Å². The Morgan fingerprint density at radius 3 is 2.76 bits per heavy atom. The van der Waals surface area contributed by atoms with Gasteiger partial charge in [0.25, 0.3) is 0 Å². The summed E-state index contributed by atoms with van der Waals surface area (Å²) >= 11 is 0. The van der Waals surface area contributed by atoms with Gasteiger partial charge in [-0.3, -0.25) is 4.79 Å². The van der Waals surface area contributed by atoms with Gasteiger partial charge in [0.15, 0.2) is 23.4 Å². The zero-order chi connectivity index (χ0) is 11.7. The molecule has 3 heteroatoms. The molecule has 3 nitrogen and oxygen atoms in total. The summed E-state index contributed by atoms with van der Waals surface area (Å²) in [5, 5.41) is 0. The normalized spacial score (nSPS) is 22.2. The van der Waals surface area contributed by atoms with Crippen molar-refractivity contribution in [2.24, 2.45) is 5.92 Å². The average molecular weight is 232 g/mol. The van der Waals surface area contributed by atoms with E-state index in [1.165, 1.54) is 12.8 Å². The van der Waals surface area contributed by atoms with E-state index in [9.17, 15) is 4.79 Å². The minimum Gasteiger partial charge on any atom is -0.485 e. The second kappa shape index (κ2) is 4.40. The van der Waals surface area contributed by atoms with Crippen LogP contribution in [0.3, 0.4) is 0 Å². The molecule has 1 aromatic rings. The summed E-state index contributed by atoms with van der Waals surface area (Å²) in [6.07, 6.45) is 3.81. The Balaban J connectivity index is 1.60. The molecule has 3 rings (SSSR count). The number of hydrogen-bond acceptors (Lipinski definition) is 3. The SMILES string of the molecule is O=C(CCC1CC1)C1COc2ccccc2O1. The monoisotopic (exact) mass is 232 g/mol. The Kier molecular flexibility index (Phi) is 2.75. The third kappa shape index (κ3) is 2.43. The molecule has 1 aliphatic heterocycles. The molecule has 0 spiro atoms. The largest absolute Gasteiger partial charge is 0.485 e. The Morgan fingerprint density at radius 2 is 2.00 bits per heavy atom. The molecule has 17 heavy (non-hydrogen) atoms. The van der Waals surface area contributed by atoms with Crippen molar-refractivity contribution in [3.05, 3.63) is 24.3 Å². The van der Waals surface area contributed by atoms with E-state index in [-0.39, 0.29) is 5.78 Å². The number of rotatable bonds is 4. The molecule has 0 amide bonds. The van der Waals surface area contributed by atoms with Crippen molar-refractivity contribution in [2.75, 3.05) is 6.61 Å². The Bertz CT molecular complexity index is 423. The third-order valence-corrected chi connectivity index (χ3v) is 3.36. The molecule has 0 bridgehead atoms. The van der Waals surface area contributed by atoms with Crippen LogP contribution in [0.15, 0.2) is 24.3 Å². The van der Waals surface area contributed by atoms with Gasteiger partial charge in [0, 0.05) is 6.42 Å². The zero-order valence-corrected chi connectivity index (χ0v) is 9.72. The fraction of sp³-hybridized carbons (Fsp3) is 0.500. The first-order valence-corrected chi connectivity index (χ1v) is 6.24. The standard InChI is InChI=1S/C14H16O3/c15-11(8-7-10-5-6-10)14-9-16-12-3-1-2-4-13(12)17-14/h1-4,10,14H,5-9H2. The van der Waals surface area contributed by atoms with Gasteiger partial charge < -0.3 is 9.47 Å². The van der Waals surface area contributed by atoms with Crippen molar-refractivity contribution in [3.8, 4) is 11.5 Å². The van der Waals surface area contributed by atoms with E-state index in [4.69, 9.17) is 9.47 Å². The number of ketones is 1. The predicted octanol–water partition coefficient (Wildman–Crippen LogP) is 2.59. The lowest BCUT2D eigenvalue weighted by Gasteiger charge is -2.25. The lowest BCUT2D eigenvalue weighted by molar-refractivity contribution is -0.128. The molecular weight excluding hydrogens is 216 g/mol. The smallest absolute Gasteiger partial charge is 0.190 e. The maximum atomic E-state index is 11.9. The Morgan fingerprint density at radius 1 is 1.24 bits per heavy atom. The average Bonchev–Trinajstić information content (AvgIpc) is 3.19. The van der Waals surface area contributed by atoms with Gasteiger partial charge in [0.2, 0.25) is 0 Å². The summed E-state index contributed by atoms with van der Waals surface area (Å²) in [5.41, 5.74) is 0. The van der Waals surface area contributed by atoms with Crippen LogP contribution in [-0.4, -0.2) is 18.5 Å². The minimum atomic E-state index is -0.413. The van der Waals surface area contributed by atoms with Crippen molar-refractivity contribution < 1.29 is 14.3 Å². The van der Waals surface area contributed by atoms with Gasteiger partial charge in [-0.1, -0.05) is 25.0 Å². The fourth-order valence-electron chi connectivity index (χ4n) is 2.09. The van der Waals surface area contributed by atoms with Crippen LogP contribution in [0, 0.1) is 5.92 Å². The number of hydrogen-bond donors (Lipinski definition) is 0. The molecule has 1 saturated carbocycles. The van der Waals surface area contributed by atoms with Gasteiger partial charge in [-0.2, -0.15) is 0 Å². The number of para-hydroxylation sites is 2. The van der Waals surface area contributed by atoms with Gasteiger partial charge in [-0.05, 0) is 24.5 Å². The second-order valence-corrected chi connectivity index (χ2v) is 4.81. The predicted molar refractivity (Wildman–Crippen MR) is 63.3 cm³/mol. The van der Waals surface area contributed by atoms with Crippen molar-refractivity contribution in [1.29, 1.82) is 0 Å². The van der Waals surface area contributed by atoms with E-state index in [2.05, 4.69) is 0 Å². The Hall–Kier alpha value is -1.51. The fourth-order valence-corrected chi connectivity index (χ4v) is 2.09. The summed E-state index contributed by atoms with van der Waals surface area (Å²) in [7, 11) is 0. The van der Waals surface area contributed by atoms with Gasteiger partial charge in [-0.25, -0.2) is 0 Å². The number of benzene rings is 1. The summed E-state index contributed by atoms with van der Waals surface area (Å²) < 4.78 is 11.2.